The van der Waals surface area contributed by atoms with E-state index in [4.69, 9.17) is 17.4 Å². The molecule has 1 aromatic carbocycles. The van der Waals surface area contributed by atoms with Crippen LogP contribution in [0.4, 0.5) is 0 Å². The van der Waals surface area contributed by atoms with Crippen molar-refractivity contribution in [3.05, 3.63) is 34.3 Å². The first-order valence-electron chi connectivity index (χ1n) is 5.80. The molecule has 0 aromatic heterocycles. The molecule has 0 aliphatic heterocycles. The van der Waals surface area contributed by atoms with Crippen molar-refractivity contribution in [3.63, 3.8) is 0 Å². The summed E-state index contributed by atoms with van der Waals surface area (Å²) in [6.45, 7) is 6.53. The van der Waals surface area contributed by atoms with Crippen LogP contribution in [0.5, 0.6) is 0 Å². The Morgan fingerprint density at radius 3 is 2.69 bits per heavy atom. The van der Waals surface area contributed by atoms with Crippen LogP contribution in [0.2, 0.25) is 5.02 Å². The molecule has 1 rings (SSSR count). The zero-order valence-corrected chi connectivity index (χ0v) is 11.0. The normalized spacial score (nSPS) is 14.8. The summed E-state index contributed by atoms with van der Waals surface area (Å²) < 4.78 is 0. The number of aryl methyl sites for hydroxylation is 1. The third-order valence-corrected chi connectivity index (χ3v) is 3.39. The predicted octanol–water partition coefficient (Wildman–Crippen LogP) is 3.59. The highest BCUT2D eigenvalue weighted by atomic mass is 35.5. The summed E-state index contributed by atoms with van der Waals surface area (Å²) in [5, 5.41) is 0.769. The predicted molar refractivity (Wildman–Crippen MR) is 70.3 cm³/mol. The highest BCUT2D eigenvalue weighted by molar-refractivity contribution is 6.30. The highest BCUT2D eigenvalue weighted by Crippen LogP contribution is 2.27. The second-order valence-electron chi connectivity index (χ2n) is 4.47. The van der Waals surface area contributed by atoms with E-state index in [1.54, 1.807) is 0 Å². The summed E-state index contributed by atoms with van der Waals surface area (Å²) in [7, 11) is 0. The van der Waals surface area contributed by atoms with E-state index in [2.05, 4.69) is 26.2 Å². The Hall–Kier alpha value is -0.570. The van der Waals surface area contributed by atoms with Crippen LogP contribution in [-0.2, 0) is 0 Å². The lowest BCUT2D eigenvalue weighted by molar-refractivity contribution is 0.407. The number of hydrazine groups is 1. The molecular weight excluding hydrogens is 220 g/mol. The zero-order valence-electron chi connectivity index (χ0n) is 10.3. The fraction of sp³-hybridized carbons (Fsp3) is 0.538. The SMILES string of the molecule is CCC(C)CC(NN)c1cc(Cl)ccc1C. The van der Waals surface area contributed by atoms with Crippen LogP contribution in [0.25, 0.3) is 0 Å². The van der Waals surface area contributed by atoms with Crippen LogP contribution in [0, 0.1) is 12.8 Å². The molecule has 0 heterocycles. The average Bonchev–Trinajstić information content (AvgIpc) is 2.29. The Morgan fingerprint density at radius 1 is 1.44 bits per heavy atom. The maximum atomic E-state index is 6.02. The molecule has 3 N–H and O–H groups in total. The number of rotatable bonds is 5. The van der Waals surface area contributed by atoms with Crippen molar-refractivity contribution >= 4 is 11.6 Å². The number of halogens is 1. The number of nitrogens with two attached hydrogens (primary N) is 1. The minimum atomic E-state index is 0.189. The first kappa shape index (κ1) is 13.5. The van der Waals surface area contributed by atoms with Crippen molar-refractivity contribution in [1.29, 1.82) is 0 Å². The quantitative estimate of drug-likeness (QED) is 0.610. The van der Waals surface area contributed by atoms with Gasteiger partial charge in [0.2, 0.25) is 0 Å². The maximum Gasteiger partial charge on any atom is 0.0465 e. The molecule has 1 aromatic rings. The van der Waals surface area contributed by atoms with Crippen LogP contribution in [-0.4, -0.2) is 0 Å². The summed E-state index contributed by atoms with van der Waals surface area (Å²) in [5.41, 5.74) is 5.33. The summed E-state index contributed by atoms with van der Waals surface area (Å²) >= 11 is 6.02. The topological polar surface area (TPSA) is 38.0 Å². The molecule has 90 valence electrons. The molecule has 0 aliphatic carbocycles. The van der Waals surface area contributed by atoms with Gasteiger partial charge in [0.25, 0.3) is 0 Å². The van der Waals surface area contributed by atoms with Gasteiger partial charge in [0, 0.05) is 11.1 Å². The minimum Gasteiger partial charge on any atom is -0.271 e. The molecule has 0 bridgehead atoms. The maximum absolute atomic E-state index is 6.02. The third kappa shape index (κ3) is 3.48. The van der Waals surface area contributed by atoms with Crippen LogP contribution in [0.1, 0.15) is 43.9 Å². The van der Waals surface area contributed by atoms with Gasteiger partial charge in [0.15, 0.2) is 0 Å². The van der Waals surface area contributed by atoms with Crippen molar-refractivity contribution in [3.8, 4) is 0 Å². The highest BCUT2D eigenvalue weighted by Gasteiger charge is 2.15. The van der Waals surface area contributed by atoms with Gasteiger partial charge in [0.1, 0.15) is 0 Å². The fourth-order valence-electron chi connectivity index (χ4n) is 1.84. The molecule has 3 heteroatoms. The molecule has 0 fully saturated rings. The van der Waals surface area contributed by atoms with Gasteiger partial charge >= 0.3 is 0 Å². The van der Waals surface area contributed by atoms with Crippen LogP contribution >= 0.6 is 11.6 Å². The van der Waals surface area contributed by atoms with Crippen molar-refractivity contribution in [2.24, 2.45) is 11.8 Å². The summed E-state index contributed by atoms with van der Waals surface area (Å²) in [4.78, 5) is 0. The first-order valence-corrected chi connectivity index (χ1v) is 6.18. The van der Waals surface area contributed by atoms with Gasteiger partial charge < -0.3 is 0 Å². The molecule has 0 saturated carbocycles. The van der Waals surface area contributed by atoms with Crippen LogP contribution in [0.15, 0.2) is 18.2 Å². The Morgan fingerprint density at radius 2 is 2.12 bits per heavy atom. The fourth-order valence-corrected chi connectivity index (χ4v) is 2.02. The van der Waals surface area contributed by atoms with E-state index in [1.165, 1.54) is 11.1 Å². The van der Waals surface area contributed by atoms with E-state index in [0.29, 0.717) is 5.92 Å². The molecule has 16 heavy (non-hydrogen) atoms. The summed E-state index contributed by atoms with van der Waals surface area (Å²) in [6, 6.07) is 6.15. The molecule has 2 unspecified atom stereocenters. The third-order valence-electron chi connectivity index (χ3n) is 3.15. The average molecular weight is 241 g/mol. The number of benzene rings is 1. The number of hydrogen-bond donors (Lipinski definition) is 2. The number of hydrogen-bond acceptors (Lipinski definition) is 2. The Kier molecular flexibility index (Phi) is 5.26. The monoisotopic (exact) mass is 240 g/mol. The Labute approximate surface area is 103 Å². The van der Waals surface area contributed by atoms with Crippen molar-refractivity contribution < 1.29 is 0 Å². The van der Waals surface area contributed by atoms with E-state index in [-0.39, 0.29) is 6.04 Å². The molecule has 0 spiro atoms. The lowest BCUT2D eigenvalue weighted by Crippen LogP contribution is -2.29. The summed E-state index contributed by atoms with van der Waals surface area (Å²) in [6.07, 6.45) is 2.20. The molecule has 2 nitrogen and oxygen atoms in total. The van der Waals surface area contributed by atoms with Gasteiger partial charge in [-0.3, -0.25) is 11.3 Å². The van der Waals surface area contributed by atoms with Crippen molar-refractivity contribution in [2.45, 2.75) is 39.7 Å². The summed E-state index contributed by atoms with van der Waals surface area (Å²) in [5.74, 6) is 6.29. The molecule has 2 atom stereocenters. The molecule has 0 amide bonds. The second-order valence-corrected chi connectivity index (χ2v) is 4.91. The molecule has 0 radical (unpaired) electrons. The smallest absolute Gasteiger partial charge is 0.0465 e. The number of nitrogens with one attached hydrogen (secondary N) is 1. The lowest BCUT2D eigenvalue weighted by atomic mass is 9.92. The van der Waals surface area contributed by atoms with E-state index in [9.17, 15) is 0 Å². The van der Waals surface area contributed by atoms with E-state index in [0.717, 1.165) is 17.9 Å². The van der Waals surface area contributed by atoms with Crippen LogP contribution < -0.4 is 11.3 Å². The lowest BCUT2D eigenvalue weighted by Gasteiger charge is -2.21. The molecule has 0 aliphatic rings. The van der Waals surface area contributed by atoms with Crippen molar-refractivity contribution in [1.82, 2.24) is 5.43 Å². The second kappa shape index (κ2) is 6.24. The van der Waals surface area contributed by atoms with E-state index in [1.807, 2.05) is 18.2 Å². The van der Waals surface area contributed by atoms with Gasteiger partial charge in [-0.25, -0.2) is 0 Å². The van der Waals surface area contributed by atoms with Gasteiger partial charge in [-0.15, -0.1) is 0 Å². The largest absolute Gasteiger partial charge is 0.271 e. The van der Waals surface area contributed by atoms with Gasteiger partial charge in [-0.05, 0) is 42.5 Å². The van der Waals surface area contributed by atoms with E-state index >= 15 is 0 Å². The zero-order chi connectivity index (χ0) is 12.1. The van der Waals surface area contributed by atoms with E-state index < -0.39 is 0 Å². The minimum absolute atomic E-state index is 0.189. The van der Waals surface area contributed by atoms with Gasteiger partial charge in [-0.2, -0.15) is 0 Å². The standard InChI is InChI=1S/C13H21ClN2/c1-4-9(2)7-13(16-15)12-8-11(14)6-5-10(12)3/h5-6,8-9,13,16H,4,7,15H2,1-3H3. The Balaban J connectivity index is 2.89. The Bertz CT molecular complexity index is 339. The van der Waals surface area contributed by atoms with Crippen LogP contribution in [0.3, 0.4) is 0 Å². The molecular formula is C13H21ClN2. The van der Waals surface area contributed by atoms with Gasteiger partial charge in [-0.1, -0.05) is 37.9 Å². The first-order chi connectivity index (χ1) is 7.58. The van der Waals surface area contributed by atoms with Gasteiger partial charge in [0.05, 0.1) is 0 Å². The molecule has 0 saturated heterocycles. The van der Waals surface area contributed by atoms with Crippen molar-refractivity contribution in [2.75, 3.05) is 0 Å².